The zero-order chi connectivity index (χ0) is 18.9. The third-order valence-corrected chi connectivity index (χ3v) is 4.18. The van der Waals surface area contributed by atoms with E-state index in [0.717, 1.165) is 29.5 Å². The molecule has 0 spiro atoms. The molecule has 0 saturated heterocycles. The number of primary amides is 1. The number of nitrogens with zero attached hydrogens (tertiary/aromatic N) is 1. The molecule has 4 N–H and O–H groups in total. The number of halogens is 3. The summed E-state index contributed by atoms with van der Waals surface area (Å²) in [6.45, 7) is 0. The van der Waals surface area contributed by atoms with Crippen molar-refractivity contribution in [3.05, 3.63) is 58.7 Å². The van der Waals surface area contributed by atoms with Crippen LogP contribution in [-0.4, -0.2) is 21.8 Å². The number of aromatic amines is 1. The van der Waals surface area contributed by atoms with Gasteiger partial charge in [-0.2, -0.15) is 13.2 Å². The number of carbonyl (C=O) groups is 2. The Bertz CT molecular complexity index is 978. The Kier molecular flexibility index (Phi) is 4.51. The first kappa shape index (κ1) is 17.7. The molecule has 0 bridgehead atoms. The van der Waals surface area contributed by atoms with Crippen LogP contribution in [0.5, 0.6) is 0 Å². The fraction of sp³-hybridized carbons (Fsp3) is 0.0625. The van der Waals surface area contributed by atoms with Gasteiger partial charge in [0.1, 0.15) is 5.69 Å². The van der Waals surface area contributed by atoms with E-state index in [0.29, 0.717) is 11.3 Å². The maximum absolute atomic E-state index is 12.7. The first-order valence-electron chi connectivity index (χ1n) is 7.17. The molecule has 0 saturated carbocycles. The Labute approximate surface area is 148 Å². The topological polar surface area (TPSA) is 101 Å². The number of anilines is 1. The normalized spacial score (nSPS) is 11.3. The first-order valence-corrected chi connectivity index (χ1v) is 8.05. The van der Waals surface area contributed by atoms with Crippen LogP contribution in [0, 0.1) is 0 Å². The second kappa shape index (κ2) is 6.64. The van der Waals surface area contributed by atoms with Crippen LogP contribution < -0.4 is 11.1 Å². The van der Waals surface area contributed by atoms with Gasteiger partial charge < -0.3 is 10.7 Å². The number of nitrogens with one attached hydrogen (secondary N) is 2. The highest BCUT2D eigenvalue weighted by atomic mass is 32.1. The summed E-state index contributed by atoms with van der Waals surface area (Å²) in [5.74, 6) is -1.33. The largest absolute Gasteiger partial charge is 0.416 e. The van der Waals surface area contributed by atoms with Gasteiger partial charge in [-0.3, -0.25) is 14.9 Å². The third-order valence-electron chi connectivity index (χ3n) is 3.42. The lowest BCUT2D eigenvalue weighted by molar-refractivity contribution is -0.137. The minimum atomic E-state index is -4.53. The van der Waals surface area contributed by atoms with Gasteiger partial charge in [0.25, 0.3) is 11.8 Å². The van der Waals surface area contributed by atoms with Crippen molar-refractivity contribution in [1.82, 2.24) is 9.97 Å². The number of rotatable bonds is 4. The van der Waals surface area contributed by atoms with Gasteiger partial charge in [0, 0.05) is 22.7 Å². The van der Waals surface area contributed by atoms with E-state index in [1.54, 1.807) is 5.38 Å². The summed E-state index contributed by atoms with van der Waals surface area (Å²) in [6.07, 6.45) is -3.00. The predicted octanol–water partition coefficient (Wildman–Crippen LogP) is 3.51. The fourth-order valence-electron chi connectivity index (χ4n) is 2.15. The number of thiazole rings is 1. The Morgan fingerprint density at radius 3 is 2.65 bits per heavy atom. The zero-order valence-electron chi connectivity index (χ0n) is 12.9. The highest BCUT2D eigenvalue weighted by Crippen LogP contribution is 2.30. The van der Waals surface area contributed by atoms with Gasteiger partial charge >= 0.3 is 6.18 Å². The number of aromatic nitrogens is 2. The van der Waals surface area contributed by atoms with Crippen LogP contribution in [0.15, 0.2) is 41.9 Å². The Morgan fingerprint density at radius 2 is 2.00 bits per heavy atom. The fourth-order valence-corrected chi connectivity index (χ4v) is 2.87. The van der Waals surface area contributed by atoms with Crippen molar-refractivity contribution < 1.29 is 22.8 Å². The van der Waals surface area contributed by atoms with E-state index in [1.165, 1.54) is 18.3 Å². The van der Waals surface area contributed by atoms with E-state index in [2.05, 4.69) is 15.3 Å². The lowest BCUT2D eigenvalue weighted by Crippen LogP contribution is -2.13. The second-order valence-electron chi connectivity index (χ2n) is 5.24. The molecule has 0 fully saturated rings. The number of benzene rings is 1. The Hall–Kier alpha value is -3.14. The van der Waals surface area contributed by atoms with Crippen molar-refractivity contribution >= 4 is 28.3 Å². The average molecular weight is 380 g/mol. The van der Waals surface area contributed by atoms with E-state index in [9.17, 15) is 22.8 Å². The van der Waals surface area contributed by atoms with E-state index in [-0.39, 0.29) is 16.4 Å². The molecule has 3 aromatic rings. The quantitative estimate of drug-likeness (QED) is 0.646. The summed E-state index contributed by atoms with van der Waals surface area (Å²) in [5.41, 5.74) is 5.41. The van der Waals surface area contributed by atoms with Crippen LogP contribution in [0.1, 0.15) is 26.4 Å². The third kappa shape index (κ3) is 3.75. The maximum atomic E-state index is 12.7. The van der Waals surface area contributed by atoms with Gasteiger partial charge in [-0.05, 0) is 24.3 Å². The molecule has 0 aliphatic rings. The maximum Gasteiger partial charge on any atom is 0.416 e. The molecule has 0 aliphatic carbocycles. The summed E-state index contributed by atoms with van der Waals surface area (Å²) in [7, 11) is 0. The number of nitrogens with two attached hydrogens (primary N) is 1. The number of H-pyrrole nitrogens is 1. The molecular formula is C16H11F3N4O2S. The molecule has 2 heterocycles. The number of hydrogen-bond donors (Lipinski definition) is 3. The van der Waals surface area contributed by atoms with Gasteiger partial charge in [0.2, 0.25) is 0 Å². The lowest BCUT2D eigenvalue weighted by atomic mass is 10.1. The molecule has 134 valence electrons. The number of hydrogen-bond acceptors (Lipinski definition) is 4. The van der Waals surface area contributed by atoms with Crippen molar-refractivity contribution in [2.24, 2.45) is 5.73 Å². The standard InChI is InChI=1S/C16H11F3N4O2S/c17-16(18,19)10-3-1-2-8(4-10)14(25)23-15-22-12(7-26-15)9-5-11(13(20)24)21-6-9/h1-7,21H,(H2,20,24)(H,22,23,25). The molecule has 0 unspecified atom stereocenters. The van der Waals surface area contributed by atoms with Crippen molar-refractivity contribution in [3.63, 3.8) is 0 Å². The van der Waals surface area contributed by atoms with Crippen LogP contribution in [0.4, 0.5) is 18.3 Å². The van der Waals surface area contributed by atoms with Gasteiger partial charge in [-0.25, -0.2) is 4.98 Å². The number of amides is 2. The molecule has 26 heavy (non-hydrogen) atoms. The highest BCUT2D eigenvalue weighted by Gasteiger charge is 2.30. The summed E-state index contributed by atoms with van der Waals surface area (Å²) >= 11 is 1.10. The molecule has 1 aromatic carbocycles. The number of carbonyl (C=O) groups excluding carboxylic acids is 2. The van der Waals surface area contributed by atoms with Crippen LogP contribution in [0.3, 0.4) is 0 Å². The van der Waals surface area contributed by atoms with Crippen LogP contribution in [0.2, 0.25) is 0 Å². The van der Waals surface area contributed by atoms with E-state index in [4.69, 9.17) is 5.73 Å². The van der Waals surface area contributed by atoms with Crippen LogP contribution >= 0.6 is 11.3 Å². The lowest BCUT2D eigenvalue weighted by Gasteiger charge is -2.08. The van der Waals surface area contributed by atoms with Crippen molar-refractivity contribution in [2.45, 2.75) is 6.18 Å². The van der Waals surface area contributed by atoms with Gasteiger partial charge in [0.15, 0.2) is 5.13 Å². The molecule has 3 rings (SSSR count). The van der Waals surface area contributed by atoms with Crippen molar-refractivity contribution in [1.29, 1.82) is 0 Å². The minimum absolute atomic E-state index is 0.130. The average Bonchev–Trinajstić information content (AvgIpc) is 3.23. The van der Waals surface area contributed by atoms with Crippen LogP contribution in [0.25, 0.3) is 11.3 Å². The summed E-state index contributed by atoms with van der Waals surface area (Å²) in [5, 5.41) is 4.30. The van der Waals surface area contributed by atoms with E-state index in [1.807, 2.05) is 0 Å². The molecule has 0 atom stereocenters. The molecule has 0 radical (unpaired) electrons. The van der Waals surface area contributed by atoms with Gasteiger partial charge in [-0.1, -0.05) is 6.07 Å². The molecular weight excluding hydrogens is 369 g/mol. The molecule has 0 aliphatic heterocycles. The smallest absolute Gasteiger partial charge is 0.364 e. The molecule has 2 amide bonds. The highest BCUT2D eigenvalue weighted by molar-refractivity contribution is 7.14. The molecule has 10 heteroatoms. The molecule has 2 aromatic heterocycles. The first-order chi connectivity index (χ1) is 12.2. The summed E-state index contributed by atoms with van der Waals surface area (Å²) < 4.78 is 38.2. The number of alkyl halides is 3. The Morgan fingerprint density at radius 1 is 1.23 bits per heavy atom. The summed E-state index contributed by atoms with van der Waals surface area (Å²) in [4.78, 5) is 30.1. The van der Waals surface area contributed by atoms with Crippen LogP contribution in [-0.2, 0) is 6.18 Å². The summed E-state index contributed by atoms with van der Waals surface area (Å²) in [6, 6.07) is 5.62. The van der Waals surface area contributed by atoms with E-state index < -0.39 is 23.6 Å². The minimum Gasteiger partial charge on any atom is -0.364 e. The zero-order valence-corrected chi connectivity index (χ0v) is 13.7. The van der Waals surface area contributed by atoms with Crippen molar-refractivity contribution in [2.75, 3.05) is 5.32 Å². The van der Waals surface area contributed by atoms with Crippen molar-refractivity contribution in [3.8, 4) is 11.3 Å². The predicted molar refractivity (Wildman–Crippen MR) is 89.8 cm³/mol. The van der Waals surface area contributed by atoms with Gasteiger partial charge in [-0.15, -0.1) is 11.3 Å². The Balaban J connectivity index is 1.76. The van der Waals surface area contributed by atoms with Gasteiger partial charge in [0.05, 0.1) is 11.3 Å². The molecule has 6 nitrogen and oxygen atoms in total. The monoisotopic (exact) mass is 380 g/mol. The SMILES string of the molecule is NC(=O)c1cc(-c2csc(NC(=O)c3cccc(C(F)(F)F)c3)n2)c[nH]1. The van der Waals surface area contributed by atoms with E-state index >= 15 is 0 Å². The second-order valence-corrected chi connectivity index (χ2v) is 6.09.